The van der Waals surface area contributed by atoms with Crippen LogP contribution in [0.4, 0.5) is 5.82 Å². The van der Waals surface area contributed by atoms with Crippen LogP contribution in [-0.4, -0.2) is 35.2 Å². The van der Waals surface area contributed by atoms with Crippen molar-refractivity contribution in [3.05, 3.63) is 40.9 Å². The van der Waals surface area contributed by atoms with Crippen molar-refractivity contribution in [3.8, 4) is 0 Å². The molecule has 7 heteroatoms. The fourth-order valence-electron chi connectivity index (χ4n) is 3.11. The Bertz CT molecular complexity index is 764. The Kier molecular flexibility index (Phi) is 5.45. The summed E-state index contributed by atoms with van der Waals surface area (Å²) in [6.07, 6.45) is 4.23. The third-order valence-electron chi connectivity index (χ3n) is 4.70. The predicted octanol–water partition coefficient (Wildman–Crippen LogP) is 3.89. The van der Waals surface area contributed by atoms with Gasteiger partial charge >= 0.3 is 0 Å². The van der Waals surface area contributed by atoms with E-state index in [-0.39, 0.29) is 11.8 Å². The van der Waals surface area contributed by atoms with Crippen molar-refractivity contribution in [2.24, 2.45) is 5.92 Å². The van der Waals surface area contributed by atoms with Gasteiger partial charge in [0.1, 0.15) is 5.03 Å². The molecular weight excluding hydrogens is 412 g/mol. The highest BCUT2D eigenvalue weighted by Crippen LogP contribution is 2.28. The second kappa shape index (κ2) is 7.96. The van der Waals surface area contributed by atoms with E-state index in [0.717, 1.165) is 59.0 Å². The van der Waals surface area contributed by atoms with Gasteiger partial charge in [0.25, 0.3) is 0 Å². The van der Waals surface area contributed by atoms with Crippen LogP contribution in [0.5, 0.6) is 0 Å². The zero-order chi connectivity index (χ0) is 17.9. The normalized spacial score (nSPS) is 20.0. The summed E-state index contributed by atoms with van der Waals surface area (Å²) in [5, 5.41) is 12.8. The van der Waals surface area contributed by atoms with Crippen LogP contribution in [0.3, 0.4) is 0 Å². The highest BCUT2D eigenvalue weighted by atomic mass is 79.9. The third kappa shape index (κ3) is 4.57. The van der Waals surface area contributed by atoms with Crippen LogP contribution in [-0.2, 0) is 4.79 Å². The Hall–Kier alpha value is -1.60. The molecular formula is C19H21BrN4OS. The summed E-state index contributed by atoms with van der Waals surface area (Å²) in [5.74, 6) is 1.12. The summed E-state index contributed by atoms with van der Waals surface area (Å²) in [6, 6.07) is 12.6. The van der Waals surface area contributed by atoms with E-state index in [9.17, 15) is 4.79 Å². The number of aromatic nitrogens is 2. The molecule has 1 atom stereocenters. The van der Waals surface area contributed by atoms with Crippen LogP contribution in [0.1, 0.15) is 25.7 Å². The fourth-order valence-corrected chi connectivity index (χ4v) is 4.10. The van der Waals surface area contributed by atoms with Gasteiger partial charge in [-0.05, 0) is 62.1 Å². The van der Waals surface area contributed by atoms with Gasteiger partial charge in [0, 0.05) is 28.5 Å². The minimum Gasteiger partial charge on any atom is -0.354 e. The molecule has 0 bridgehead atoms. The van der Waals surface area contributed by atoms with Gasteiger partial charge in [-0.2, -0.15) is 0 Å². The van der Waals surface area contributed by atoms with Crippen LogP contribution in [0.2, 0.25) is 0 Å². The molecule has 1 aliphatic carbocycles. The molecule has 1 saturated carbocycles. The number of carbonyl (C=O) groups is 1. The number of benzene rings is 1. The Morgan fingerprint density at radius 3 is 2.62 bits per heavy atom. The number of hydrogen-bond donors (Lipinski definition) is 1. The molecule has 136 valence electrons. The molecule has 0 spiro atoms. The van der Waals surface area contributed by atoms with Crippen molar-refractivity contribution >= 4 is 39.4 Å². The van der Waals surface area contributed by atoms with Crippen molar-refractivity contribution in [2.75, 3.05) is 18.0 Å². The highest BCUT2D eigenvalue weighted by Gasteiger charge is 2.30. The molecule has 2 heterocycles. The lowest BCUT2D eigenvalue weighted by molar-refractivity contribution is -0.125. The topological polar surface area (TPSA) is 58.1 Å². The molecule has 1 aromatic carbocycles. The number of nitrogens with zero attached hydrogens (tertiary/aromatic N) is 3. The minimum atomic E-state index is 0.0583. The van der Waals surface area contributed by atoms with Gasteiger partial charge in [-0.1, -0.05) is 27.7 Å². The van der Waals surface area contributed by atoms with Crippen molar-refractivity contribution in [2.45, 2.75) is 41.6 Å². The number of piperidine rings is 1. The van der Waals surface area contributed by atoms with Gasteiger partial charge in [-0.15, -0.1) is 10.2 Å². The number of carbonyl (C=O) groups excluding carboxylic acids is 1. The summed E-state index contributed by atoms with van der Waals surface area (Å²) >= 11 is 5.04. The number of nitrogens with one attached hydrogen (secondary N) is 1. The van der Waals surface area contributed by atoms with Crippen molar-refractivity contribution < 1.29 is 4.79 Å². The Morgan fingerprint density at radius 2 is 1.92 bits per heavy atom. The largest absolute Gasteiger partial charge is 0.354 e. The molecule has 0 unspecified atom stereocenters. The summed E-state index contributed by atoms with van der Waals surface area (Å²) < 4.78 is 1.06. The van der Waals surface area contributed by atoms with Crippen molar-refractivity contribution in [1.82, 2.24) is 15.5 Å². The predicted molar refractivity (Wildman–Crippen MR) is 106 cm³/mol. The first kappa shape index (κ1) is 17.8. The lowest BCUT2D eigenvalue weighted by Crippen LogP contribution is -2.44. The van der Waals surface area contributed by atoms with Crippen LogP contribution < -0.4 is 10.2 Å². The van der Waals surface area contributed by atoms with E-state index in [2.05, 4.69) is 48.5 Å². The van der Waals surface area contributed by atoms with E-state index in [1.165, 1.54) is 0 Å². The van der Waals surface area contributed by atoms with E-state index in [0.29, 0.717) is 6.04 Å². The Morgan fingerprint density at radius 1 is 1.12 bits per heavy atom. The minimum absolute atomic E-state index is 0.0583. The molecule has 5 nitrogen and oxygen atoms in total. The SMILES string of the molecule is O=C(NC1CC1)[C@H]1CCCN(c2ccc(Sc3ccc(Br)cc3)nn2)C1. The van der Waals surface area contributed by atoms with Gasteiger partial charge < -0.3 is 10.2 Å². The van der Waals surface area contributed by atoms with E-state index >= 15 is 0 Å². The smallest absolute Gasteiger partial charge is 0.225 e. The quantitative estimate of drug-likeness (QED) is 0.776. The summed E-state index contributed by atoms with van der Waals surface area (Å²) in [7, 11) is 0. The van der Waals surface area contributed by atoms with Gasteiger partial charge in [0.15, 0.2) is 5.82 Å². The number of hydrogen-bond acceptors (Lipinski definition) is 5. The van der Waals surface area contributed by atoms with E-state index in [1.54, 1.807) is 11.8 Å². The first-order valence-corrected chi connectivity index (χ1v) is 10.6. The monoisotopic (exact) mass is 432 g/mol. The first-order chi connectivity index (χ1) is 12.7. The molecule has 2 fully saturated rings. The maximum atomic E-state index is 12.3. The molecule has 0 radical (unpaired) electrons. The lowest BCUT2D eigenvalue weighted by atomic mass is 9.97. The van der Waals surface area contributed by atoms with Crippen LogP contribution in [0.25, 0.3) is 0 Å². The standard InChI is InChI=1S/C19H21BrN4OS/c20-14-3-7-16(8-4-14)26-18-10-9-17(22-23-18)24-11-1-2-13(12-24)19(25)21-15-5-6-15/h3-4,7-10,13,15H,1-2,5-6,11-12H2,(H,21,25)/t13-/m0/s1. The molecule has 2 aliphatic rings. The van der Waals surface area contributed by atoms with Gasteiger partial charge in [-0.3, -0.25) is 4.79 Å². The Balaban J connectivity index is 1.37. The van der Waals surface area contributed by atoms with Gasteiger partial charge in [-0.25, -0.2) is 0 Å². The van der Waals surface area contributed by atoms with E-state index < -0.39 is 0 Å². The second-order valence-corrected chi connectivity index (χ2v) is 8.86. The third-order valence-corrected chi connectivity index (χ3v) is 6.17. The number of halogens is 1. The van der Waals surface area contributed by atoms with Crippen molar-refractivity contribution in [3.63, 3.8) is 0 Å². The molecule has 4 rings (SSSR count). The molecule has 26 heavy (non-hydrogen) atoms. The van der Waals surface area contributed by atoms with Crippen LogP contribution >= 0.6 is 27.7 Å². The maximum absolute atomic E-state index is 12.3. The van der Waals surface area contributed by atoms with E-state index in [1.807, 2.05) is 24.3 Å². The Labute approximate surface area is 166 Å². The summed E-state index contributed by atoms with van der Waals surface area (Å²) in [4.78, 5) is 15.6. The van der Waals surface area contributed by atoms with Gasteiger partial charge in [0.2, 0.25) is 5.91 Å². The van der Waals surface area contributed by atoms with Gasteiger partial charge in [0.05, 0.1) is 5.92 Å². The average Bonchev–Trinajstić information content (AvgIpc) is 3.48. The number of rotatable bonds is 5. The van der Waals surface area contributed by atoms with E-state index in [4.69, 9.17) is 0 Å². The molecule has 1 aromatic heterocycles. The van der Waals surface area contributed by atoms with Crippen LogP contribution in [0.15, 0.2) is 50.8 Å². The summed E-state index contributed by atoms with van der Waals surface area (Å²) in [5.41, 5.74) is 0. The first-order valence-electron chi connectivity index (χ1n) is 9.00. The number of anilines is 1. The molecule has 1 saturated heterocycles. The molecule has 2 aromatic rings. The number of amides is 1. The molecule has 1 amide bonds. The maximum Gasteiger partial charge on any atom is 0.225 e. The second-order valence-electron chi connectivity index (χ2n) is 6.85. The van der Waals surface area contributed by atoms with Crippen LogP contribution in [0, 0.1) is 5.92 Å². The molecule has 1 aliphatic heterocycles. The lowest BCUT2D eigenvalue weighted by Gasteiger charge is -2.32. The van der Waals surface area contributed by atoms with Crippen molar-refractivity contribution in [1.29, 1.82) is 0 Å². The average molecular weight is 433 g/mol. The zero-order valence-corrected chi connectivity index (χ0v) is 16.8. The highest BCUT2D eigenvalue weighted by molar-refractivity contribution is 9.10. The fraction of sp³-hybridized carbons (Fsp3) is 0.421. The zero-order valence-electron chi connectivity index (χ0n) is 14.4. The molecule has 1 N–H and O–H groups in total. The summed E-state index contributed by atoms with van der Waals surface area (Å²) in [6.45, 7) is 1.66.